The summed E-state index contributed by atoms with van der Waals surface area (Å²) in [6.07, 6.45) is 1.51. The average Bonchev–Trinajstić information content (AvgIpc) is 3.22. The monoisotopic (exact) mass is 249 g/mol. The first-order chi connectivity index (χ1) is 8.66. The van der Waals surface area contributed by atoms with Gasteiger partial charge in [0, 0.05) is 0 Å². The summed E-state index contributed by atoms with van der Waals surface area (Å²) in [4.78, 5) is 11.3. The number of carbonyl (C=O) groups excluding carboxylic acids is 1. The number of hydrogen-bond donors (Lipinski definition) is 2. The molecule has 1 atom stereocenters. The molecule has 0 spiro atoms. The Balaban J connectivity index is 2.06. The van der Waals surface area contributed by atoms with Crippen LogP contribution in [0.25, 0.3) is 0 Å². The van der Waals surface area contributed by atoms with Crippen molar-refractivity contribution in [3.63, 3.8) is 0 Å². The molecule has 0 aliphatic heterocycles. The molecular formula is C14H19NO3. The fourth-order valence-electron chi connectivity index (χ4n) is 2.16. The van der Waals surface area contributed by atoms with Crippen molar-refractivity contribution in [3.8, 4) is 0 Å². The average molecular weight is 249 g/mol. The van der Waals surface area contributed by atoms with E-state index >= 15 is 0 Å². The molecule has 2 rings (SSSR count). The second-order valence-electron chi connectivity index (χ2n) is 4.64. The highest BCUT2D eigenvalue weighted by Crippen LogP contribution is 2.45. The van der Waals surface area contributed by atoms with E-state index < -0.39 is 11.7 Å². The lowest BCUT2D eigenvalue weighted by Crippen LogP contribution is -2.42. The molecule has 0 heterocycles. The Morgan fingerprint density at radius 2 is 2.11 bits per heavy atom. The number of rotatable bonds is 5. The van der Waals surface area contributed by atoms with Gasteiger partial charge in [-0.25, -0.2) is 4.79 Å². The Kier molecular flexibility index (Phi) is 3.87. The Labute approximate surface area is 107 Å². The van der Waals surface area contributed by atoms with Crippen LogP contribution in [0.4, 0.5) is 4.79 Å². The minimum absolute atomic E-state index is 0.195. The third-order valence-electron chi connectivity index (χ3n) is 3.30. The van der Waals surface area contributed by atoms with E-state index in [1.165, 1.54) is 0 Å². The number of ether oxygens (including phenoxy) is 1. The first kappa shape index (κ1) is 12.9. The van der Waals surface area contributed by atoms with E-state index in [0.29, 0.717) is 6.61 Å². The van der Waals surface area contributed by atoms with Gasteiger partial charge in [0.05, 0.1) is 13.2 Å². The van der Waals surface area contributed by atoms with Gasteiger partial charge in [0.2, 0.25) is 0 Å². The molecular weight excluding hydrogens is 230 g/mol. The molecule has 2 N–H and O–H groups in total. The normalized spacial score (nSPS) is 17.9. The maximum absolute atomic E-state index is 11.3. The number of amides is 1. The van der Waals surface area contributed by atoms with E-state index in [-0.39, 0.29) is 12.5 Å². The van der Waals surface area contributed by atoms with Gasteiger partial charge in [-0.3, -0.25) is 0 Å². The predicted octanol–water partition coefficient (Wildman–Crippen LogP) is 2.03. The first-order valence-corrected chi connectivity index (χ1v) is 6.35. The van der Waals surface area contributed by atoms with Gasteiger partial charge in [-0.1, -0.05) is 30.3 Å². The van der Waals surface area contributed by atoms with Gasteiger partial charge >= 0.3 is 6.09 Å². The summed E-state index contributed by atoms with van der Waals surface area (Å²) in [5.74, 6) is 0.224. The molecule has 1 unspecified atom stereocenters. The maximum atomic E-state index is 11.3. The fourth-order valence-corrected chi connectivity index (χ4v) is 2.16. The van der Waals surface area contributed by atoms with Gasteiger partial charge < -0.3 is 15.2 Å². The number of alkyl carbamates (subject to hydrolysis) is 1. The third kappa shape index (κ3) is 2.82. The number of nitrogens with one attached hydrogen (secondary N) is 1. The highest BCUT2D eigenvalue weighted by molar-refractivity contribution is 5.67. The molecule has 4 heteroatoms. The molecule has 1 aliphatic rings. The molecule has 0 bridgehead atoms. The molecule has 98 valence electrons. The zero-order valence-corrected chi connectivity index (χ0v) is 10.6. The fraction of sp³-hybridized carbons (Fsp3) is 0.500. The highest BCUT2D eigenvalue weighted by atomic mass is 16.5. The zero-order chi connectivity index (χ0) is 13.0. The lowest BCUT2D eigenvalue weighted by Gasteiger charge is -2.28. The molecule has 1 aromatic carbocycles. The van der Waals surface area contributed by atoms with E-state index in [9.17, 15) is 9.90 Å². The minimum atomic E-state index is -0.978. The van der Waals surface area contributed by atoms with Crippen molar-refractivity contribution >= 4 is 6.09 Å². The second kappa shape index (κ2) is 5.40. The molecule has 0 radical (unpaired) electrons. The van der Waals surface area contributed by atoms with E-state index in [2.05, 4.69) is 5.32 Å². The van der Waals surface area contributed by atoms with Crippen molar-refractivity contribution in [1.82, 2.24) is 5.32 Å². The molecule has 18 heavy (non-hydrogen) atoms. The predicted molar refractivity (Wildman–Crippen MR) is 68.1 cm³/mol. The van der Waals surface area contributed by atoms with Gasteiger partial charge in [0.25, 0.3) is 0 Å². The highest BCUT2D eigenvalue weighted by Gasteiger charge is 2.45. The van der Waals surface area contributed by atoms with Crippen molar-refractivity contribution in [2.24, 2.45) is 5.92 Å². The van der Waals surface area contributed by atoms with Crippen LogP contribution in [0.1, 0.15) is 25.3 Å². The van der Waals surface area contributed by atoms with Crippen LogP contribution in [0.2, 0.25) is 0 Å². The summed E-state index contributed by atoms with van der Waals surface area (Å²) in [5, 5.41) is 13.4. The maximum Gasteiger partial charge on any atom is 0.407 e. The van der Waals surface area contributed by atoms with Crippen LogP contribution in [0, 0.1) is 5.92 Å². The summed E-state index contributed by atoms with van der Waals surface area (Å²) in [6, 6.07) is 9.49. The van der Waals surface area contributed by atoms with Gasteiger partial charge in [-0.2, -0.15) is 0 Å². The van der Waals surface area contributed by atoms with Crippen molar-refractivity contribution in [1.29, 1.82) is 0 Å². The first-order valence-electron chi connectivity index (χ1n) is 6.35. The SMILES string of the molecule is CCOC(=O)NCC(O)(c1ccccc1)C1CC1. The van der Waals surface area contributed by atoms with Crippen LogP contribution < -0.4 is 5.32 Å². The largest absolute Gasteiger partial charge is 0.450 e. The van der Waals surface area contributed by atoms with Crippen molar-refractivity contribution < 1.29 is 14.6 Å². The van der Waals surface area contributed by atoms with E-state index in [0.717, 1.165) is 18.4 Å². The lowest BCUT2D eigenvalue weighted by molar-refractivity contribution is 0.0128. The molecule has 1 aliphatic carbocycles. The summed E-state index contributed by atoms with van der Waals surface area (Å²) in [7, 11) is 0. The number of aliphatic hydroxyl groups is 1. The van der Waals surface area contributed by atoms with Crippen molar-refractivity contribution in [2.45, 2.75) is 25.4 Å². The summed E-state index contributed by atoms with van der Waals surface area (Å²) < 4.78 is 4.81. The topological polar surface area (TPSA) is 58.6 Å². The van der Waals surface area contributed by atoms with Crippen LogP contribution in [0.3, 0.4) is 0 Å². The van der Waals surface area contributed by atoms with E-state index in [1.54, 1.807) is 6.92 Å². The molecule has 0 saturated heterocycles. The molecule has 4 nitrogen and oxygen atoms in total. The quantitative estimate of drug-likeness (QED) is 0.839. The van der Waals surface area contributed by atoms with Gasteiger partial charge in [0.15, 0.2) is 0 Å². The second-order valence-corrected chi connectivity index (χ2v) is 4.64. The molecule has 1 amide bonds. The van der Waals surface area contributed by atoms with Crippen molar-refractivity contribution in [2.75, 3.05) is 13.2 Å². The minimum Gasteiger partial charge on any atom is -0.450 e. The van der Waals surface area contributed by atoms with Gasteiger partial charge in [-0.05, 0) is 31.2 Å². The number of hydrogen-bond acceptors (Lipinski definition) is 3. The summed E-state index contributed by atoms with van der Waals surface area (Å²) in [5.41, 5.74) is -0.127. The molecule has 1 aromatic rings. The standard InChI is InChI=1S/C14H19NO3/c1-2-18-13(16)15-10-14(17,12-8-9-12)11-6-4-3-5-7-11/h3-7,12,17H,2,8-10H2,1H3,(H,15,16). The summed E-state index contributed by atoms with van der Waals surface area (Å²) in [6.45, 7) is 2.28. The third-order valence-corrected chi connectivity index (χ3v) is 3.30. The van der Waals surface area contributed by atoms with E-state index in [4.69, 9.17) is 4.74 Å². The lowest BCUT2D eigenvalue weighted by atomic mass is 9.89. The van der Waals surface area contributed by atoms with Crippen LogP contribution in [0.15, 0.2) is 30.3 Å². The Bertz CT molecular complexity index is 403. The van der Waals surface area contributed by atoms with Crippen LogP contribution >= 0.6 is 0 Å². The van der Waals surface area contributed by atoms with Gasteiger partial charge in [0.1, 0.15) is 5.60 Å². The Morgan fingerprint density at radius 3 is 2.67 bits per heavy atom. The molecule has 1 saturated carbocycles. The van der Waals surface area contributed by atoms with Crippen molar-refractivity contribution in [3.05, 3.63) is 35.9 Å². The number of carbonyl (C=O) groups is 1. The summed E-state index contributed by atoms with van der Waals surface area (Å²) >= 11 is 0. The van der Waals surface area contributed by atoms with Crippen LogP contribution in [-0.4, -0.2) is 24.4 Å². The zero-order valence-electron chi connectivity index (χ0n) is 10.6. The van der Waals surface area contributed by atoms with Crippen LogP contribution in [0.5, 0.6) is 0 Å². The Hall–Kier alpha value is -1.55. The van der Waals surface area contributed by atoms with E-state index in [1.807, 2.05) is 30.3 Å². The smallest absolute Gasteiger partial charge is 0.407 e. The van der Waals surface area contributed by atoms with Crippen LogP contribution in [-0.2, 0) is 10.3 Å². The number of benzene rings is 1. The molecule has 0 aromatic heterocycles. The van der Waals surface area contributed by atoms with Gasteiger partial charge in [-0.15, -0.1) is 0 Å². The molecule has 1 fully saturated rings. The Morgan fingerprint density at radius 1 is 1.44 bits per heavy atom.